The van der Waals surface area contributed by atoms with E-state index in [1.807, 2.05) is 6.26 Å². The predicted molar refractivity (Wildman–Crippen MR) is 71.8 cm³/mol. The van der Waals surface area contributed by atoms with Gasteiger partial charge in [0.05, 0.1) is 12.9 Å². The van der Waals surface area contributed by atoms with Gasteiger partial charge in [-0.3, -0.25) is 0 Å². The van der Waals surface area contributed by atoms with Crippen LogP contribution >= 0.6 is 11.8 Å². The van der Waals surface area contributed by atoms with Gasteiger partial charge in [0.15, 0.2) is 0 Å². The average Bonchev–Trinajstić information content (AvgIpc) is 2.74. The highest BCUT2D eigenvalue weighted by Gasteiger charge is 2.34. The van der Waals surface area contributed by atoms with Crippen LogP contribution < -0.4 is 0 Å². The van der Waals surface area contributed by atoms with Crippen molar-refractivity contribution in [3.63, 3.8) is 0 Å². The SMILES string of the molecule is CCC1(CCCOC=C2CCCC2)CSC1. The fourth-order valence-electron chi connectivity index (χ4n) is 2.57. The van der Waals surface area contributed by atoms with Crippen molar-refractivity contribution in [1.82, 2.24) is 0 Å². The zero-order chi connectivity index (χ0) is 11.3. The van der Waals surface area contributed by atoms with Crippen LogP contribution in [0.25, 0.3) is 0 Å². The van der Waals surface area contributed by atoms with E-state index >= 15 is 0 Å². The Balaban J connectivity index is 1.56. The molecule has 92 valence electrons. The van der Waals surface area contributed by atoms with Crippen LogP contribution in [0.3, 0.4) is 0 Å². The molecule has 0 spiro atoms. The molecule has 0 N–H and O–H groups in total. The number of hydrogen-bond acceptors (Lipinski definition) is 2. The van der Waals surface area contributed by atoms with Crippen LogP contribution in [0.2, 0.25) is 0 Å². The first kappa shape index (κ1) is 12.3. The first-order chi connectivity index (χ1) is 7.85. The minimum atomic E-state index is 0.675. The highest BCUT2D eigenvalue weighted by atomic mass is 32.2. The van der Waals surface area contributed by atoms with Gasteiger partial charge in [-0.15, -0.1) is 0 Å². The van der Waals surface area contributed by atoms with Gasteiger partial charge in [-0.2, -0.15) is 11.8 Å². The molecule has 1 saturated heterocycles. The number of rotatable bonds is 6. The third kappa shape index (κ3) is 3.19. The second-order valence-corrected chi connectivity index (χ2v) is 6.29. The summed E-state index contributed by atoms with van der Waals surface area (Å²) in [5.74, 6) is 2.76. The number of thioether (sulfide) groups is 1. The summed E-state index contributed by atoms with van der Waals surface area (Å²) in [5.41, 5.74) is 2.21. The Bertz CT molecular complexity index is 230. The van der Waals surface area contributed by atoms with E-state index < -0.39 is 0 Å². The first-order valence-corrected chi connectivity index (χ1v) is 7.87. The van der Waals surface area contributed by atoms with E-state index in [-0.39, 0.29) is 0 Å². The monoisotopic (exact) mass is 240 g/mol. The average molecular weight is 240 g/mol. The third-order valence-corrected chi connectivity index (χ3v) is 5.66. The van der Waals surface area contributed by atoms with Crippen molar-refractivity contribution in [2.24, 2.45) is 5.41 Å². The summed E-state index contributed by atoms with van der Waals surface area (Å²) < 4.78 is 5.66. The summed E-state index contributed by atoms with van der Waals surface area (Å²) in [6.45, 7) is 3.26. The van der Waals surface area contributed by atoms with Crippen LogP contribution in [0.5, 0.6) is 0 Å². The Morgan fingerprint density at radius 2 is 2.06 bits per heavy atom. The van der Waals surface area contributed by atoms with Gasteiger partial charge in [0, 0.05) is 0 Å². The van der Waals surface area contributed by atoms with Gasteiger partial charge in [0.2, 0.25) is 0 Å². The second kappa shape index (κ2) is 6.00. The van der Waals surface area contributed by atoms with E-state index in [9.17, 15) is 0 Å². The van der Waals surface area contributed by atoms with E-state index in [1.165, 1.54) is 62.0 Å². The molecule has 2 fully saturated rings. The van der Waals surface area contributed by atoms with Crippen molar-refractivity contribution < 1.29 is 4.74 Å². The Morgan fingerprint density at radius 3 is 2.62 bits per heavy atom. The van der Waals surface area contributed by atoms with Crippen LogP contribution in [0.15, 0.2) is 11.8 Å². The Kier molecular flexibility index (Phi) is 4.63. The molecule has 1 aliphatic heterocycles. The highest BCUT2D eigenvalue weighted by Crippen LogP contribution is 2.44. The Hall–Kier alpha value is -0.110. The van der Waals surface area contributed by atoms with Crippen molar-refractivity contribution in [3.05, 3.63) is 11.8 Å². The largest absolute Gasteiger partial charge is 0.501 e. The molecular formula is C14H24OS. The summed E-state index contributed by atoms with van der Waals surface area (Å²) >= 11 is 2.10. The van der Waals surface area contributed by atoms with Gasteiger partial charge < -0.3 is 4.74 Å². The molecule has 0 radical (unpaired) electrons. The van der Waals surface area contributed by atoms with Crippen LogP contribution in [0.4, 0.5) is 0 Å². The van der Waals surface area contributed by atoms with E-state index in [0.717, 1.165) is 6.61 Å². The lowest BCUT2D eigenvalue weighted by Gasteiger charge is -2.40. The highest BCUT2D eigenvalue weighted by molar-refractivity contribution is 8.00. The fourth-order valence-corrected chi connectivity index (χ4v) is 4.05. The van der Waals surface area contributed by atoms with E-state index in [0.29, 0.717) is 5.41 Å². The molecule has 2 rings (SSSR count). The molecule has 1 heterocycles. The van der Waals surface area contributed by atoms with E-state index in [2.05, 4.69) is 18.7 Å². The van der Waals surface area contributed by atoms with Crippen molar-refractivity contribution in [3.8, 4) is 0 Å². The predicted octanol–water partition coefficient (Wildman–Crippen LogP) is 4.38. The minimum absolute atomic E-state index is 0.675. The fraction of sp³-hybridized carbons (Fsp3) is 0.857. The molecule has 1 nitrogen and oxygen atoms in total. The quantitative estimate of drug-likeness (QED) is 0.503. The Labute approximate surface area is 104 Å². The lowest BCUT2D eigenvalue weighted by Crippen LogP contribution is -2.34. The van der Waals surface area contributed by atoms with Crippen LogP contribution in [0.1, 0.15) is 51.9 Å². The van der Waals surface area contributed by atoms with Crippen LogP contribution in [-0.4, -0.2) is 18.1 Å². The lowest BCUT2D eigenvalue weighted by atomic mass is 9.84. The maximum atomic E-state index is 5.66. The lowest BCUT2D eigenvalue weighted by molar-refractivity contribution is 0.208. The summed E-state index contributed by atoms with van der Waals surface area (Å²) in [6.07, 6.45) is 11.3. The normalized spacial score (nSPS) is 22.9. The molecule has 0 amide bonds. The van der Waals surface area contributed by atoms with Gasteiger partial charge in [-0.05, 0) is 67.4 Å². The topological polar surface area (TPSA) is 9.23 Å². The molecule has 0 aromatic rings. The van der Waals surface area contributed by atoms with Crippen molar-refractivity contribution >= 4 is 11.8 Å². The van der Waals surface area contributed by atoms with Gasteiger partial charge in [0.25, 0.3) is 0 Å². The van der Waals surface area contributed by atoms with Gasteiger partial charge >= 0.3 is 0 Å². The first-order valence-electron chi connectivity index (χ1n) is 6.72. The number of hydrogen-bond donors (Lipinski definition) is 0. The molecule has 16 heavy (non-hydrogen) atoms. The molecule has 0 unspecified atom stereocenters. The summed E-state index contributed by atoms with van der Waals surface area (Å²) in [4.78, 5) is 0. The molecule has 1 aliphatic carbocycles. The molecule has 0 bridgehead atoms. The summed E-state index contributed by atoms with van der Waals surface area (Å²) in [6, 6.07) is 0. The third-order valence-electron chi connectivity index (χ3n) is 4.03. The Morgan fingerprint density at radius 1 is 1.31 bits per heavy atom. The zero-order valence-electron chi connectivity index (χ0n) is 10.5. The molecule has 1 saturated carbocycles. The van der Waals surface area contributed by atoms with E-state index in [4.69, 9.17) is 4.74 Å². The molecule has 0 aromatic heterocycles. The molecule has 0 atom stereocenters. The molecule has 0 aromatic carbocycles. The standard InChI is InChI=1S/C14H24OS/c1-2-14(11-16-12-14)8-5-9-15-10-13-6-3-4-7-13/h10H,2-9,11-12H2,1H3. The van der Waals surface area contributed by atoms with Crippen LogP contribution in [-0.2, 0) is 4.74 Å². The van der Waals surface area contributed by atoms with Crippen molar-refractivity contribution in [1.29, 1.82) is 0 Å². The van der Waals surface area contributed by atoms with Crippen LogP contribution in [0, 0.1) is 5.41 Å². The van der Waals surface area contributed by atoms with Gasteiger partial charge in [-0.25, -0.2) is 0 Å². The molecule has 2 heteroatoms. The number of allylic oxidation sites excluding steroid dienone is 1. The van der Waals surface area contributed by atoms with Crippen molar-refractivity contribution in [2.75, 3.05) is 18.1 Å². The summed E-state index contributed by atoms with van der Waals surface area (Å²) in [5, 5.41) is 0. The minimum Gasteiger partial charge on any atom is -0.501 e. The second-order valence-electron chi connectivity index (χ2n) is 5.30. The summed E-state index contributed by atoms with van der Waals surface area (Å²) in [7, 11) is 0. The van der Waals surface area contributed by atoms with Gasteiger partial charge in [-0.1, -0.05) is 6.92 Å². The zero-order valence-corrected chi connectivity index (χ0v) is 11.3. The van der Waals surface area contributed by atoms with Gasteiger partial charge in [0.1, 0.15) is 0 Å². The maximum Gasteiger partial charge on any atom is 0.0873 e. The maximum absolute atomic E-state index is 5.66. The van der Waals surface area contributed by atoms with Crippen molar-refractivity contribution in [2.45, 2.75) is 51.9 Å². The smallest absolute Gasteiger partial charge is 0.0873 e. The molecule has 2 aliphatic rings. The number of ether oxygens (including phenoxy) is 1. The molecular weight excluding hydrogens is 216 g/mol. The van der Waals surface area contributed by atoms with E-state index in [1.54, 1.807) is 0 Å².